The zero-order chi connectivity index (χ0) is 15.6. The Kier molecular flexibility index (Phi) is 4.29. The van der Waals surface area contributed by atoms with E-state index in [1.807, 2.05) is 5.32 Å². The lowest BCUT2D eigenvalue weighted by Gasteiger charge is -2.08. The van der Waals surface area contributed by atoms with Gasteiger partial charge in [0.1, 0.15) is 16.8 Å². The predicted octanol–water partition coefficient (Wildman–Crippen LogP) is 2.69. The third kappa shape index (κ3) is 3.41. The van der Waals surface area contributed by atoms with Gasteiger partial charge in [-0.15, -0.1) is 0 Å². The van der Waals surface area contributed by atoms with Crippen LogP contribution in [0.5, 0.6) is 0 Å². The lowest BCUT2D eigenvalue weighted by molar-refractivity contribution is 0.102. The van der Waals surface area contributed by atoms with Crippen LogP contribution in [0.25, 0.3) is 0 Å². The first-order valence-electron chi connectivity index (χ1n) is 5.51. The number of nitrogens with one attached hydrogen (secondary N) is 2. The fourth-order valence-corrected chi connectivity index (χ4v) is 1.75. The quantitative estimate of drug-likeness (QED) is 0.352. The number of carbonyl (C=O) groups excluding carboxylic acids is 1. The molecule has 0 unspecified atom stereocenters. The molecule has 0 bridgehead atoms. The van der Waals surface area contributed by atoms with Crippen LogP contribution in [0.4, 0.5) is 24.7 Å². The van der Waals surface area contributed by atoms with Crippen LogP contribution in [0.1, 0.15) is 10.4 Å². The Hall–Kier alpha value is -2.32. The standard InChI is InChI=1S/C12H8ClF3N4O/c13-9-1-5(2-10(19-9)20-17)12(21)18-8-4-6(14)3-7(15)11(8)16/h1-4H,17H2,(H,18,21)(H,19,20). The Bertz CT molecular complexity index is 711. The number of aromatic nitrogens is 1. The van der Waals surface area contributed by atoms with Gasteiger partial charge in [0, 0.05) is 17.7 Å². The summed E-state index contributed by atoms with van der Waals surface area (Å²) in [4.78, 5) is 15.7. The smallest absolute Gasteiger partial charge is 0.255 e. The Morgan fingerprint density at radius 2 is 1.90 bits per heavy atom. The Balaban J connectivity index is 2.32. The zero-order valence-corrected chi connectivity index (χ0v) is 11.0. The van der Waals surface area contributed by atoms with Crippen molar-refractivity contribution in [2.75, 3.05) is 10.7 Å². The van der Waals surface area contributed by atoms with Gasteiger partial charge in [-0.1, -0.05) is 11.6 Å². The summed E-state index contributed by atoms with van der Waals surface area (Å²) in [6.45, 7) is 0. The van der Waals surface area contributed by atoms with Crippen LogP contribution in [-0.4, -0.2) is 10.9 Å². The second kappa shape index (κ2) is 5.98. The molecule has 1 aromatic carbocycles. The van der Waals surface area contributed by atoms with Crippen LogP contribution in [0, 0.1) is 17.5 Å². The molecule has 1 amide bonds. The van der Waals surface area contributed by atoms with Crippen molar-refractivity contribution >= 4 is 29.0 Å². The van der Waals surface area contributed by atoms with Crippen LogP contribution in [0.2, 0.25) is 5.15 Å². The van der Waals surface area contributed by atoms with E-state index in [0.29, 0.717) is 12.1 Å². The molecule has 0 fully saturated rings. The van der Waals surface area contributed by atoms with Crippen molar-refractivity contribution in [1.82, 2.24) is 4.98 Å². The number of hydrogen-bond acceptors (Lipinski definition) is 4. The minimum absolute atomic E-state index is 0.0213. The summed E-state index contributed by atoms with van der Waals surface area (Å²) in [5.41, 5.74) is 1.53. The maximum Gasteiger partial charge on any atom is 0.255 e. The normalized spacial score (nSPS) is 10.3. The number of anilines is 2. The number of hydrazine groups is 1. The highest BCUT2D eigenvalue weighted by atomic mass is 35.5. The van der Waals surface area contributed by atoms with E-state index in [0.717, 1.165) is 0 Å². The number of amides is 1. The van der Waals surface area contributed by atoms with E-state index in [2.05, 4.69) is 10.4 Å². The van der Waals surface area contributed by atoms with Gasteiger partial charge >= 0.3 is 0 Å². The maximum atomic E-state index is 13.5. The molecule has 1 aromatic heterocycles. The number of rotatable bonds is 3. The molecule has 2 rings (SSSR count). The molecule has 4 N–H and O–H groups in total. The van der Waals surface area contributed by atoms with Crippen LogP contribution < -0.4 is 16.6 Å². The molecule has 0 aliphatic carbocycles. The summed E-state index contributed by atoms with van der Waals surface area (Å²) in [5, 5.41) is 2.00. The van der Waals surface area contributed by atoms with Gasteiger partial charge in [-0.05, 0) is 12.1 Å². The summed E-state index contributed by atoms with van der Waals surface area (Å²) < 4.78 is 39.5. The second-order valence-corrected chi connectivity index (χ2v) is 4.30. The minimum atomic E-state index is -1.41. The summed E-state index contributed by atoms with van der Waals surface area (Å²) in [7, 11) is 0. The van der Waals surface area contributed by atoms with Crippen molar-refractivity contribution in [3.63, 3.8) is 0 Å². The summed E-state index contributed by atoms with van der Waals surface area (Å²) >= 11 is 5.68. The van der Waals surface area contributed by atoms with Crippen molar-refractivity contribution in [1.29, 1.82) is 0 Å². The number of hydrogen-bond donors (Lipinski definition) is 3. The molecule has 0 aliphatic rings. The number of benzene rings is 1. The number of nitrogens with two attached hydrogens (primary N) is 1. The van der Waals surface area contributed by atoms with E-state index in [1.165, 1.54) is 12.1 Å². The molecule has 21 heavy (non-hydrogen) atoms. The zero-order valence-electron chi connectivity index (χ0n) is 10.3. The highest BCUT2D eigenvalue weighted by Crippen LogP contribution is 2.21. The molecule has 0 radical (unpaired) electrons. The van der Waals surface area contributed by atoms with Crippen LogP contribution in [-0.2, 0) is 0 Å². The third-order valence-corrected chi connectivity index (χ3v) is 2.64. The Labute approximate surface area is 121 Å². The maximum absolute atomic E-state index is 13.5. The van der Waals surface area contributed by atoms with Crippen molar-refractivity contribution in [2.45, 2.75) is 0 Å². The average Bonchev–Trinajstić information content (AvgIpc) is 2.43. The Morgan fingerprint density at radius 3 is 2.57 bits per heavy atom. The van der Waals surface area contributed by atoms with Crippen LogP contribution in [0.15, 0.2) is 24.3 Å². The van der Waals surface area contributed by atoms with Crippen LogP contribution in [0.3, 0.4) is 0 Å². The summed E-state index contributed by atoms with van der Waals surface area (Å²) in [6.07, 6.45) is 0. The molecule has 9 heteroatoms. The molecule has 110 valence electrons. The van der Waals surface area contributed by atoms with Crippen molar-refractivity contribution in [2.24, 2.45) is 5.84 Å². The van der Waals surface area contributed by atoms with Gasteiger partial charge in [0.15, 0.2) is 11.6 Å². The highest BCUT2D eigenvalue weighted by molar-refractivity contribution is 6.30. The minimum Gasteiger partial charge on any atom is -0.319 e. The lowest BCUT2D eigenvalue weighted by Crippen LogP contribution is -2.16. The topological polar surface area (TPSA) is 80.0 Å². The van der Waals surface area contributed by atoms with Gasteiger partial charge in [0.2, 0.25) is 0 Å². The number of halogens is 4. The monoisotopic (exact) mass is 316 g/mol. The molecular formula is C12H8ClF3N4O. The molecule has 1 heterocycles. The number of nitrogen functional groups attached to an aromatic ring is 1. The van der Waals surface area contributed by atoms with Gasteiger partial charge in [-0.25, -0.2) is 24.0 Å². The van der Waals surface area contributed by atoms with Crippen molar-refractivity contribution < 1.29 is 18.0 Å². The highest BCUT2D eigenvalue weighted by Gasteiger charge is 2.15. The van der Waals surface area contributed by atoms with E-state index in [9.17, 15) is 18.0 Å². The molecule has 0 saturated carbocycles. The molecule has 5 nitrogen and oxygen atoms in total. The largest absolute Gasteiger partial charge is 0.319 e. The first-order valence-corrected chi connectivity index (χ1v) is 5.88. The van der Waals surface area contributed by atoms with Crippen molar-refractivity contribution in [3.8, 4) is 0 Å². The molecule has 0 spiro atoms. The van der Waals surface area contributed by atoms with E-state index < -0.39 is 29.0 Å². The third-order valence-electron chi connectivity index (χ3n) is 2.45. The second-order valence-electron chi connectivity index (χ2n) is 3.91. The fraction of sp³-hybridized carbons (Fsp3) is 0. The number of pyridine rings is 1. The van der Waals surface area contributed by atoms with Gasteiger partial charge in [-0.3, -0.25) is 4.79 Å². The first-order chi connectivity index (χ1) is 9.90. The van der Waals surface area contributed by atoms with Crippen molar-refractivity contribution in [3.05, 3.63) is 52.4 Å². The fourth-order valence-electron chi connectivity index (χ4n) is 1.54. The van der Waals surface area contributed by atoms with E-state index in [-0.39, 0.29) is 16.5 Å². The molecule has 2 aromatic rings. The lowest BCUT2D eigenvalue weighted by atomic mass is 10.2. The van der Waals surface area contributed by atoms with Gasteiger partial charge in [0.25, 0.3) is 5.91 Å². The summed E-state index contributed by atoms with van der Waals surface area (Å²) in [5.74, 6) is 0.590. The van der Waals surface area contributed by atoms with E-state index in [4.69, 9.17) is 17.4 Å². The summed E-state index contributed by atoms with van der Waals surface area (Å²) in [6, 6.07) is 3.44. The predicted molar refractivity (Wildman–Crippen MR) is 71.3 cm³/mol. The first kappa shape index (κ1) is 15.1. The molecule has 0 aliphatic heterocycles. The van der Waals surface area contributed by atoms with Gasteiger partial charge < -0.3 is 10.7 Å². The van der Waals surface area contributed by atoms with Gasteiger partial charge in [0.05, 0.1) is 5.69 Å². The Morgan fingerprint density at radius 1 is 1.19 bits per heavy atom. The molecule has 0 saturated heterocycles. The van der Waals surface area contributed by atoms with Crippen LogP contribution >= 0.6 is 11.6 Å². The van der Waals surface area contributed by atoms with E-state index >= 15 is 0 Å². The molecule has 0 atom stereocenters. The SMILES string of the molecule is NNc1cc(C(=O)Nc2cc(F)cc(F)c2F)cc(Cl)n1. The number of nitrogens with zero attached hydrogens (tertiary/aromatic N) is 1. The van der Waals surface area contributed by atoms with E-state index in [1.54, 1.807) is 0 Å². The number of carbonyl (C=O) groups is 1. The van der Waals surface area contributed by atoms with Gasteiger partial charge in [-0.2, -0.15) is 0 Å². The average molecular weight is 317 g/mol. The molecular weight excluding hydrogens is 309 g/mol.